The Morgan fingerprint density at radius 1 is 1.05 bits per heavy atom. The molecule has 37 heavy (non-hydrogen) atoms. The molecule has 10 heteroatoms. The zero-order chi connectivity index (χ0) is 26.2. The normalized spacial score (nSPS) is 28.3. The minimum atomic E-state index is -4.15. The van der Waals surface area contributed by atoms with Gasteiger partial charge in [0.25, 0.3) is 5.91 Å². The van der Waals surface area contributed by atoms with E-state index < -0.39 is 24.5 Å². The van der Waals surface area contributed by atoms with Gasteiger partial charge in [-0.3, -0.25) is 19.7 Å². The molecule has 2 saturated carbocycles. The number of fused-ring (bicyclic) bond motifs is 1. The van der Waals surface area contributed by atoms with Crippen LogP contribution in [-0.4, -0.2) is 53.0 Å². The van der Waals surface area contributed by atoms with Gasteiger partial charge in [0.05, 0.1) is 6.42 Å². The lowest BCUT2D eigenvalue weighted by Crippen LogP contribution is -2.52. The molecule has 0 radical (unpaired) electrons. The second-order valence-corrected chi connectivity index (χ2v) is 11.2. The summed E-state index contributed by atoms with van der Waals surface area (Å²) in [6.45, 7) is 0.255. The Labute approximate surface area is 214 Å². The third-order valence-corrected chi connectivity index (χ3v) is 8.49. The fraction of sp³-hybridized carbons (Fsp3) is 0.667. The number of nitrogens with one attached hydrogen (secondary N) is 3. The predicted molar refractivity (Wildman–Crippen MR) is 132 cm³/mol. The Morgan fingerprint density at radius 2 is 1.81 bits per heavy atom. The van der Waals surface area contributed by atoms with Crippen LogP contribution in [0.2, 0.25) is 0 Å². The lowest BCUT2D eigenvalue weighted by Gasteiger charge is -2.43. The number of nitrogens with zero attached hydrogens (tertiary/aromatic N) is 1. The standard InChI is InChI=1S/C27H35F3N4O3/c28-27(29,30)14-15-31-18-9-12-26(13-10-18,11-8-17-4-5-17)33-21-3-1-2-19-20(21)16-34(25(19)37)22-6-7-23(35)32-24(22)36/h1-3,17-18,22,31,33H,4-16H2,(H,32,35,36). The van der Waals surface area contributed by atoms with Gasteiger partial charge >= 0.3 is 6.18 Å². The summed E-state index contributed by atoms with van der Waals surface area (Å²) in [4.78, 5) is 38.8. The highest BCUT2D eigenvalue weighted by molar-refractivity contribution is 6.06. The number of piperidine rings is 1. The van der Waals surface area contributed by atoms with E-state index in [-0.39, 0.29) is 36.4 Å². The highest BCUT2D eigenvalue weighted by atomic mass is 19.4. The van der Waals surface area contributed by atoms with Gasteiger partial charge in [-0.1, -0.05) is 18.9 Å². The number of rotatable bonds is 9. The topological polar surface area (TPSA) is 90.5 Å². The average Bonchev–Trinajstić information content (AvgIpc) is 3.62. The molecule has 3 fully saturated rings. The Bertz CT molecular complexity index is 1050. The number of anilines is 1. The molecule has 0 aromatic heterocycles. The first kappa shape index (κ1) is 26.0. The van der Waals surface area contributed by atoms with Gasteiger partial charge in [0.15, 0.2) is 0 Å². The maximum Gasteiger partial charge on any atom is 0.390 e. The zero-order valence-corrected chi connectivity index (χ0v) is 21.0. The molecule has 3 N–H and O–H groups in total. The Balaban J connectivity index is 1.28. The lowest BCUT2D eigenvalue weighted by atomic mass is 9.75. The molecule has 5 rings (SSSR count). The number of amides is 3. The molecule has 202 valence electrons. The van der Waals surface area contributed by atoms with Gasteiger partial charge in [-0.15, -0.1) is 0 Å². The van der Waals surface area contributed by atoms with Gasteiger partial charge in [-0.2, -0.15) is 13.2 Å². The van der Waals surface area contributed by atoms with Gasteiger partial charge < -0.3 is 15.5 Å². The monoisotopic (exact) mass is 520 g/mol. The molecule has 7 nitrogen and oxygen atoms in total. The van der Waals surface area contributed by atoms with Crippen LogP contribution in [-0.2, 0) is 16.1 Å². The smallest absolute Gasteiger partial charge is 0.379 e. The number of alkyl halides is 3. The number of imide groups is 1. The molecule has 1 unspecified atom stereocenters. The number of halogens is 3. The van der Waals surface area contributed by atoms with Gasteiger partial charge in [-0.25, -0.2) is 0 Å². The third-order valence-electron chi connectivity index (χ3n) is 8.49. The molecule has 1 saturated heterocycles. The van der Waals surface area contributed by atoms with Crippen molar-refractivity contribution < 1.29 is 27.6 Å². The van der Waals surface area contributed by atoms with Crippen molar-refractivity contribution in [2.24, 2.45) is 5.92 Å². The summed E-state index contributed by atoms with van der Waals surface area (Å²) >= 11 is 0. The van der Waals surface area contributed by atoms with E-state index >= 15 is 0 Å². The van der Waals surface area contributed by atoms with Crippen LogP contribution in [0.3, 0.4) is 0 Å². The molecule has 3 amide bonds. The van der Waals surface area contributed by atoms with E-state index in [1.807, 2.05) is 12.1 Å². The maximum absolute atomic E-state index is 13.2. The molecular weight excluding hydrogens is 485 g/mol. The molecule has 2 aliphatic carbocycles. The second kappa shape index (κ2) is 10.3. The first-order chi connectivity index (χ1) is 17.6. The second-order valence-electron chi connectivity index (χ2n) is 11.2. The molecule has 1 atom stereocenters. The van der Waals surface area contributed by atoms with Crippen LogP contribution < -0.4 is 16.0 Å². The SMILES string of the molecule is O=C1CCC(N2Cc3c(NC4(CCC5CC5)CCC(NCCC(F)(F)F)CC4)cccc3C2=O)C(=O)N1. The summed E-state index contributed by atoms with van der Waals surface area (Å²) in [7, 11) is 0. The van der Waals surface area contributed by atoms with Crippen LogP contribution >= 0.6 is 0 Å². The summed E-state index contributed by atoms with van der Waals surface area (Å²) in [6, 6.07) is 5.03. The van der Waals surface area contributed by atoms with Crippen molar-refractivity contribution in [2.45, 2.75) is 101 Å². The van der Waals surface area contributed by atoms with Crippen molar-refractivity contribution in [3.8, 4) is 0 Å². The van der Waals surface area contributed by atoms with Crippen molar-refractivity contribution in [1.82, 2.24) is 15.5 Å². The first-order valence-corrected chi connectivity index (χ1v) is 13.5. The fourth-order valence-electron chi connectivity index (χ4n) is 6.11. The van der Waals surface area contributed by atoms with Crippen LogP contribution in [0.5, 0.6) is 0 Å². The number of benzene rings is 1. The van der Waals surface area contributed by atoms with E-state index in [2.05, 4.69) is 16.0 Å². The zero-order valence-electron chi connectivity index (χ0n) is 21.0. The summed E-state index contributed by atoms with van der Waals surface area (Å²) in [5.74, 6) is -0.178. The number of hydrogen-bond donors (Lipinski definition) is 3. The Hall–Kier alpha value is -2.62. The third kappa shape index (κ3) is 6.10. The molecule has 0 spiro atoms. The van der Waals surface area contributed by atoms with E-state index in [0.29, 0.717) is 18.5 Å². The van der Waals surface area contributed by atoms with Crippen molar-refractivity contribution in [1.29, 1.82) is 0 Å². The van der Waals surface area contributed by atoms with E-state index in [1.165, 1.54) is 12.8 Å². The minimum absolute atomic E-state index is 0.0544. The van der Waals surface area contributed by atoms with Crippen molar-refractivity contribution in [3.63, 3.8) is 0 Å². The van der Waals surface area contributed by atoms with E-state index in [1.54, 1.807) is 11.0 Å². The van der Waals surface area contributed by atoms with E-state index in [9.17, 15) is 27.6 Å². The van der Waals surface area contributed by atoms with Crippen molar-refractivity contribution in [3.05, 3.63) is 29.3 Å². The summed E-state index contributed by atoms with van der Waals surface area (Å²) in [6.07, 6.45) is 3.48. The van der Waals surface area contributed by atoms with E-state index in [4.69, 9.17) is 0 Å². The minimum Gasteiger partial charge on any atom is -0.379 e. The molecule has 2 heterocycles. The highest BCUT2D eigenvalue weighted by Crippen LogP contribution is 2.43. The van der Waals surface area contributed by atoms with Gasteiger partial charge in [0.2, 0.25) is 11.8 Å². The largest absolute Gasteiger partial charge is 0.390 e. The van der Waals surface area contributed by atoms with Crippen molar-refractivity contribution >= 4 is 23.4 Å². The average molecular weight is 521 g/mol. The molecule has 0 bridgehead atoms. The number of hydrogen-bond acceptors (Lipinski definition) is 5. The predicted octanol–water partition coefficient (Wildman–Crippen LogP) is 4.27. The lowest BCUT2D eigenvalue weighted by molar-refractivity contribution is -0.137. The Morgan fingerprint density at radius 3 is 2.49 bits per heavy atom. The molecule has 2 aliphatic heterocycles. The number of carbonyl (C=O) groups is 3. The van der Waals surface area contributed by atoms with Gasteiger partial charge in [0, 0.05) is 47.9 Å². The molecule has 1 aromatic carbocycles. The Kier molecular flexibility index (Phi) is 7.22. The summed E-state index contributed by atoms with van der Waals surface area (Å²) in [5, 5.41) is 9.24. The maximum atomic E-state index is 13.2. The fourth-order valence-corrected chi connectivity index (χ4v) is 6.11. The van der Waals surface area contributed by atoms with Crippen molar-refractivity contribution in [2.75, 3.05) is 11.9 Å². The van der Waals surface area contributed by atoms with Crippen LogP contribution in [0.25, 0.3) is 0 Å². The van der Waals surface area contributed by atoms with Crippen LogP contribution in [0, 0.1) is 5.92 Å². The number of carbonyl (C=O) groups excluding carboxylic acids is 3. The highest BCUT2D eigenvalue weighted by Gasteiger charge is 2.42. The van der Waals surface area contributed by atoms with Gasteiger partial charge in [0.1, 0.15) is 6.04 Å². The first-order valence-electron chi connectivity index (χ1n) is 13.5. The molecule has 4 aliphatic rings. The van der Waals surface area contributed by atoms with Crippen LogP contribution in [0.4, 0.5) is 18.9 Å². The summed E-state index contributed by atoms with van der Waals surface area (Å²) < 4.78 is 37.7. The van der Waals surface area contributed by atoms with Gasteiger partial charge in [-0.05, 0) is 63.0 Å². The summed E-state index contributed by atoms with van der Waals surface area (Å²) in [5.41, 5.74) is 2.16. The molecular formula is C27H35F3N4O3. The molecule has 1 aromatic rings. The van der Waals surface area contributed by atoms with E-state index in [0.717, 1.165) is 55.7 Å². The quantitative estimate of drug-likeness (QED) is 0.423. The van der Waals surface area contributed by atoms with Crippen LogP contribution in [0.15, 0.2) is 18.2 Å². The van der Waals surface area contributed by atoms with Crippen LogP contribution in [0.1, 0.15) is 86.6 Å².